The summed E-state index contributed by atoms with van der Waals surface area (Å²) in [5, 5.41) is 3.57. The van der Waals surface area contributed by atoms with E-state index in [0.29, 0.717) is 0 Å². The third kappa shape index (κ3) is 7.24. The Morgan fingerprint density at radius 1 is 1.00 bits per heavy atom. The van der Waals surface area contributed by atoms with E-state index in [-0.39, 0.29) is 0 Å². The van der Waals surface area contributed by atoms with Crippen molar-refractivity contribution in [2.24, 2.45) is 5.92 Å². The number of hydrogen-bond acceptors (Lipinski definition) is 2. The molecule has 1 aliphatic carbocycles. The number of hydrogen-bond donors (Lipinski definition) is 1. The normalized spacial score (nSPS) is 17.8. The lowest BCUT2D eigenvalue weighted by Crippen LogP contribution is -2.20. The molecule has 2 heteroatoms. The number of unbranched alkanes of at least 4 members (excludes halogenated alkanes) is 2. The highest BCUT2D eigenvalue weighted by atomic mass is 16.5. The first-order valence-corrected chi connectivity index (χ1v) is 7.13. The highest BCUT2D eigenvalue weighted by Gasteiger charge is 2.12. The summed E-state index contributed by atoms with van der Waals surface area (Å²) in [4.78, 5) is 0. The molecule has 1 aliphatic rings. The van der Waals surface area contributed by atoms with Crippen LogP contribution in [0.25, 0.3) is 0 Å². The summed E-state index contributed by atoms with van der Waals surface area (Å²) in [5.41, 5.74) is 0. The second-order valence-corrected chi connectivity index (χ2v) is 5.10. The molecule has 1 N–H and O–H groups in total. The Balaban J connectivity index is 1.77. The zero-order valence-electron chi connectivity index (χ0n) is 11.0. The van der Waals surface area contributed by atoms with Gasteiger partial charge in [-0.1, -0.05) is 32.1 Å². The molecule has 0 unspecified atom stereocenters. The molecule has 0 saturated heterocycles. The Morgan fingerprint density at radius 2 is 1.81 bits per heavy atom. The highest BCUT2D eigenvalue weighted by molar-refractivity contribution is 4.66. The minimum absolute atomic E-state index is 0.919. The van der Waals surface area contributed by atoms with Gasteiger partial charge in [-0.15, -0.1) is 0 Å². The second kappa shape index (κ2) is 10.1. The topological polar surface area (TPSA) is 21.3 Å². The third-order valence-corrected chi connectivity index (χ3v) is 3.66. The van der Waals surface area contributed by atoms with Gasteiger partial charge in [-0.2, -0.15) is 0 Å². The van der Waals surface area contributed by atoms with Crippen molar-refractivity contribution >= 4 is 0 Å². The van der Waals surface area contributed by atoms with Gasteiger partial charge in [-0.05, 0) is 44.7 Å². The Morgan fingerprint density at radius 3 is 2.56 bits per heavy atom. The summed E-state index contributed by atoms with van der Waals surface area (Å²) in [5.74, 6) is 1.02. The lowest BCUT2D eigenvalue weighted by Gasteiger charge is -2.21. The van der Waals surface area contributed by atoms with Crippen LogP contribution in [0.4, 0.5) is 0 Å². The maximum atomic E-state index is 5.03. The van der Waals surface area contributed by atoms with Crippen LogP contribution in [0.5, 0.6) is 0 Å². The van der Waals surface area contributed by atoms with E-state index in [9.17, 15) is 0 Å². The van der Waals surface area contributed by atoms with Crippen LogP contribution in [0.15, 0.2) is 0 Å². The van der Waals surface area contributed by atoms with Gasteiger partial charge in [0.2, 0.25) is 0 Å². The standard InChI is InChI=1S/C14H29NO/c1-16-13-7-3-6-11-15-12-10-14-8-4-2-5-9-14/h14-15H,2-13H2,1H3. The minimum Gasteiger partial charge on any atom is -0.385 e. The summed E-state index contributed by atoms with van der Waals surface area (Å²) >= 11 is 0. The molecule has 0 spiro atoms. The van der Waals surface area contributed by atoms with Gasteiger partial charge < -0.3 is 10.1 Å². The molecule has 1 fully saturated rings. The number of ether oxygens (including phenoxy) is 1. The molecule has 0 amide bonds. The van der Waals surface area contributed by atoms with Crippen LogP contribution in [0.2, 0.25) is 0 Å². The van der Waals surface area contributed by atoms with Crippen LogP contribution in [-0.2, 0) is 4.74 Å². The Kier molecular flexibility index (Phi) is 8.83. The Hall–Kier alpha value is -0.0800. The van der Waals surface area contributed by atoms with Gasteiger partial charge in [0.15, 0.2) is 0 Å². The molecule has 16 heavy (non-hydrogen) atoms. The van der Waals surface area contributed by atoms with E-state index in [2.05, 4.69) is 5.32 Å². The minimum atomic E-state index is 0.919. The molecular weight excluding hydrogens is 198 g/mol. The van der Waals surface area contributed by atoms with E-state index in [0.717, 1.165) is 12.5 Å². The van der Waals surface area contributed by atoms with Gasteiger partial charge in [-0.25, -0.2) is 0 Å². The first-order chi connectivity index (χ1) is 7.93. The molecule has 0 heterocycles. The smallest absolute Gasteiger partial charge is 0.0462 e. The van der Waals surface area contributed by atoms with Crippen LogP contribution in [0.3, 0.4) is 0 Å². The monoisotopic (exact) mass is 227 g/mol. The fourth-order valence-electron chi connectivity index (χ4n) is 2.58. The summed E-state index contributed by atoms with van der Waals surface area (Å²) in [7, 11) is 1.78. The molecule has 0 atom stereocenters. The van der Waals surface area contributed by atoms with E-state index in [1.165, 1.54) is 70.9 Å². The zero-order chi connectivity index (χ0) is 11.5. The summed E-state index contributed by atoms with van der Waals surface area (Å²) in [6.07, 6.45) is 12.6. The average Bonchev–Trinajstić information content (AvgIpc) is 2.34. The van der Waals surface area contributed by atoms with E-state index < -0.39 is 0 Å². The van der Waals surface area contributed by atoms with Crippen molar-refractivity contribution < 1.29 is 4.74 Å². The molecule has 2 nitrogen and oxygen atoms in total. The van der Waals surface area contributed by atoms with Crippen molar-refractivity contribution in [2.45, 2.75) is 57.8 Å². The zero-order valence-corrected chi connectivity index (χ0v) is 11.0. The molecule has 1 saturated carbocycles. The van der Waals surface area contributed by atoms with Crippen molar-refractivity contribution in [1.82, 2.24) is 5.32 Å². The van der Waals surface area contributed by atoms with Gasteiger partial charge >= 0.3 is 0 Å². The molecule has 0 bridgehead atoms. The SMILES string of the molecule is COCCCCCNCCC1CCCCC1. The lowest BCUT2D eigenvalue weighted by molar-refractivity contribution is 0.192. The predicted octanol–water partition coefficient (Wildman–Crippen LogP) is 3.36. The first kappa shape index (κ1) is 14.0. The number of nitrogens with one attached hydrogen (secondary N) is 1. The maximum absolute atomic E-state index is 5.03. The quantitative estimate of drug-likeness (QED) is 0.610. The molecule has 96 valence electrons. The van der Waals surface area contributed by atoms with Crippen molar-refractivity contribution in [3.8, 4) is 0 Å². The van der Waals surface area contributed by atoms with Gasteiger partial charge in [0.1, 0.15) is 0 Å². The Labute approximate surface area is 101 Å². The average molecular weight is 227 g/mol. The van der Waals surface area contributed by atoms with Crippen molar-refractivity contribution in [3.05, 3.63) is 0 Å². The highest BCUT2D eigenvalue weighted by Crippen LogP contribution is 2.25. The van der Waals surface area contributed by atoms with E-state index in [1.54, 1.807) is 7.11 Å². The van der Waals surface area contributed by atoms with Gasteiger partial charge in [0, 0.05) is 13.7 Å². The van der Waals surface area contributed by atoms with E-state index in [4.69, 9.17) is 4.74 Å². The van der Waals surface area contributed by atoms with E-state index in [1.807, 2.05) is 0 Å². The summed E-state index contributed by atoms with van der Waals surface area (Å²) in [6, 6.07) is 0. The van der Waals surface area contributed by atoms with Crippen LogP contribution in [-0.4, -0.2) is 26.8 Å². The van der Waals surface area contributed by atoms with Crippen molar-refractivity contribution in [1.29, 1.82) is 0 Å². The molecule has 0 aromatic heterocycles. The van der Waals surface area contributed by atoms with Crippen molar-refractivity contribution in [2.75, 3.05) is 26.8 Å². The van der Waals surface area contributed by atoms with Gasteiger partial charge in [0.25, 0.3) is 0 Å². The molecule has 0 radical (unpaired) electrons. The fraction of sp³-hybridized carbons (Fsp3) is 1.00. The summed E-state index contributed by atoms with van der Waals surface area (Å²) in [6.45, 7) is 3.34. The van der Waals surface area contributed by atoms with E-state index >= 15 is 0 Å². The largest absolute Gasteiger partial charge is 0.385 e. The number of methoxy groups -OCH3 is 1. The van der Waals surface area contributed by atoms with Gasteiger partial charge in [-0.3, -0.25) is 0 Å². The molecule has 0 aromatic rings. The second-order valence-electron chi connectivity index (χ2n) is 5.10. The third-order valence-electron chi connectivity index (χ3n) is 3.66. The first-order valence-electron chi connectivity index (χ1n) is 7.13. The fourth-order valence-corrected chi connectivity index (χ4v) is 2.58. The predicted molar refractivity (Wildman–Crippen MR) is 69.8 cm³/mol. The van der Waals surface area contributed by atoms with Crippen LogP contribution in [0.1, 0.15) is 57.8 Å². The van der Waals surface area contributed by atoms with Crippen LogP contribution in [0, 0.1) is 5.92 Å². The molecule has 0 aliphatic heterocycles. The summed E-state index contributed by atoms with van der Waals surface area (Å²) < 4.78 is 5.03. The lowest BCUT2D eigenvalue weighted by atomic mass is 9.87. The maximum Gasteiger partial charge on any atom is 0.0462 e. The molecule has 0 aromatic carbocycles. The molecule has 1 rings (SSSR count). The van der Waals surface area contributed by atoms with Crippen LogP contribution >= 0.6 is 0 Å². The Bertz CT molecular complexity index is 144. The molecular formula is C14H29NO. The van der Waals surface area contributed by atoms with Gasteiger partial charge in [0.05, 0.1) is 0 Å². The van der Waals surface area contributed by atoms with Crippen molar-refractivity contribution in [3.63, 3.8) is 0 Å². The van der Waals surface area contributed by atoms with Crippen LogP contribution < -0.4 is 5.32 Å². The number of rotatable bonds is 9.